The molecule has 0 atom stereocenters. The van der Waals surface area contributed by atoms with E-state index in [1.165, 1.54) is 29.1 Å². The molecule has 1 aliphatic heterocycles. The smallest absolute Gasteiger partial charge is 0.270 e. The molecule has 1 aliphatic rings. The summed E-state index contributed by atoms with van der Waals surface area (Å²) in [5.74, 6) is -0.287. The third-order valence-corrected chi connectivity index (χ3v) is 4.65. The minimum atomic E-state index is -0.526. The number of carbonyl (C=O) groups excluding carboxylic acids is 1. The molecule has 0 unspecified atom stereocenters. The van der Waals surface area contributed by atoms with E-state index >= 15 is 0 Å². The average Bonchev–Trinajstić information content (AvgIpc) is 2.99. The van der Waals surface area contributed by atoms with Crippen molar-refractivity contribution in [3.05, 3.63) is 69.4 Å². The molecule has 0 saturated heterocycles. The number of aromatic amines is 1. The van der Waals surface area contributed by atoms with Crippen LogP contribution in [0.2, 0.25) is 0 Å². The van der Waals surface area contributed by atoms with Crippen molar-refractivity contribution < 1.29 is 9.72 Å². The molecule has 3 aromatic rings. The fourth-order valence-corrected chi connectivity index (χ4v) is 3.38. The van der Waals surface area contributed by atoms with Gasteiger partial charge in [-0.05, 0) is 24.1 Å². The number of H-pyrrole nitrogens is 1. The van der Waals surface area contributed by atoms with Gasteiger partial charge >= 0.3 is 0 Å². The second-order valence-electron chi connectivity index (χ2n) is 6.13. The summed E-state index contributed by atoms with van der Waals surface area (Å²) in [7, 11) is 0. The number of anilines is 1. The molecular formula is C18H16N4O3. The number of nitrogens with one attached hydrogen (secondary N) is 1. The summed E-state index contributed by atoms with van der Waals surface area (Å²) < 4.78 is 0. The Morgan fingerprint density at radius 1 is 1.24 bits per heavy atom. The van der Waals surface area contributed by atoms with E-state index in [4.69, 9.17) is 5.73 Å². The van der Waals surface area contributed by atoms with Crippen LogP contribution in [-0.4, -0.2) is 27.3 Å². The molecule has 2 aromatic carbocycles. The Balaban J connectivity index is 1.66. The molecule has 3 N–H and O–H groups in total. The van der Waals surface area contributed by atoms with E-state index in [2.05, 4.69) is 11.1 Å². The van der Waals surface area contributed by atoms with E-state index < -0.39 is 4.92 Å². The maximum atomic E-state index is 12.8. The number of nitro groups is 1. The second-order valence-corrected chi connectivity index (χ2v) is 6.13. The number of nitro benzene ring substituents is 1. The van der Waals surface area contributed by atoms with Gasteiger partial charge in [0.25, 0.3) is 11.6 Å². The van der Waals surface area contributed by atoms with Crippen molar-refractivity contribution in [3.8, 4) is 0 Å². The van der Waals surface area contributed by atoms with E-state index in [0.29, 0.717) is 13.1 Å². The van der Waals surface area contributed by atoms with Crippen LogP contribution in [0.4, 0.5) is 11.4 Å². The van der Waals surface area contributed by atoms with Crippen molar-refractivity contribution in [1.82, 2.24) is 9.88 Å². The van der Waals surface area contributed by atoms with Gasteiger partial charge in [0.05, 0.1) is 17.0 Å². The first-order chi connectivity index (χ1) is 12.0. The number of aromatic nitrogens is 1. The highest BCUT2D eigenvalue weighted by Gasteiger charge is 2.26. The van der Waals surface area contributed by atoms with Gasteiger partial charge in [0.1, 0.15) is 0 Å². The molecule has 1 amide bonds. The molecule has 2 heterocycles. The number of nitrogens with two attached hydrogens (primary N) is 1. The average molecular weight is 336 g/mol. The molecule has 0 bridgehead atoms. The molecule has 25 heavy (non-hydrogen) atoms. The van der Waals surface area contributed by atoms with Gasteiger partial charge in [-0.1, -0.05) is 18.2 Å². The Labute approximate surface area is 143 Å². The lowest BCUT2D eigenvalue weighted by Crippen LogP contribution is -2.36. The highest BCUT2D eigenvalue weighted by molar-refractivity contribution is 6.00. The zero-order chi connectivity index (χ0) is 17.6. The number of amides is 1. The van der Waals surface area contributed by atoms with Crippen LogP contribution in [0, 0.1) is 10.1 Å². The van der Waals surface area contributed by atoms with Gasteiger partial charge in [0, 0.05) is 41.0 Å². The summed E-state index contributed by atoms with van der Waals surface area (Å²) in [4.78, 5) is 28.3. The first-order valence-corrected chi connectivity index (χ1v) is 7.96. The van der Waals surface area contributed by atoms with Crippen LogP contribution in [0.1, 0.15) is 21.6 Å². The summed E-state index contributed by atoms with van der Waals surface area (Å²) in [5.41, 5.74) is 9.45. The first-order valence-electron chi connectivity index (χ1n) is 7.96. The van der Waals surface area contributed by atoms with E-state index in [1.807, 2.05) is 18.2 Å². The Bertz CT molecular complexity index is 1010. The van der Waals surface area contributed by atoms with E-state index in [0.717, 1.165) is 17.6 Å². The first kappa shape index (κ1) is 15.2. The van der Waals surface area contributed by atoms with Crippen LogP contribution < -0.4 is 5.73 Å². The number of nitrogen functional groups attached to an aromatic ring is 1. The highest BCUT2D eigenvalue weighted by atomic mass is 16.6. The Morgan fingerprint density at radius 3 is 2.84 bits per heavy atom. The molecule has 0 saturated carbocycles. The van der Waals surface area contributed by atoms with Crippen molar-refractivity contribution in [2.45, 2.75) is 13.0 Å². The summed E-state index contributed by atoms with van der Waals surface area (Å²) in [6.07, 6.45) is 0.736. The van der Waals surface area contributed by atoms with Crippen LogP contribution in [0.3, 0.4) is 0 Å². The summed E-state index contributed by atoms with van der Waals surface area (Å²) in [6.45, 7) is 0.987. The number of non-ortho nitro benzene ring substituents is 1. The number of hydrogen-bond donors (Lipinski definition) is 2. The number of para-hydroxylation sites is 1. The lowest BCUT2D eigenvalue weighted by Gasteiger charge is -2.27. The largest absolute Gasteiger partial charge is 0.398 e. The van der Waals surface area contributed by atoms with Crippen LogP contribution in [-0.2, 0) is 13.0 Å². The minimum absolute atomic E-state index is 0.138. The van der Waals surface area contributed by atoms with E-state index in [1.54, 1.807) is 4.90 Å². The second kappa shape index (κ2) is 5.62. The molecule has 0 fully saturated rings. The van der Waals surface area contributed by atoms with Crippen molar-refractivity contribution in [1.29, 1.82) is 0 Å². The van der Waals surface area contributed by atoms with Crippen LogP contribution in [0.25, 0.3) is 10.9 Å². The fourth-order valence-electron chi connectivity index (χ4n) is 3.38. The summed E-state index contributed by atoms with van der Waals surface area (Å²) in [5, 5.41) is 12.1. The highest BCUT2D eigenvalue weighted by Crippen LogP contribution is 2.29. The third-order valence-electron chi connectivity index (χ3n) is 4.65. The van der Waals surface area contributed by atoms with Gasteiger partial charge < -0.3 is 15.6 Å². The SMILES string of the molecule is Nc1ccc([N+](=O)[O-])cc1C(=O)N1CCc2c([nH]c3ccccc23)C1. The molecule has 4 rings (SSSR count). The molecule has 1 aromatic heterocycles. The van der Waals surface area contributed by atoms with Crippen molar-refractivity contribution in [2.75, 3.05) is 12.3 Å². The number of carbonyl (C=O) groups is 1. The quantitative estimate of drug-likeness (QED) is 0.426. The van der Waals surface area contributed by atoms with Gasteiger partial charge in [-0.3, -0.25) is 14.9 Å². The fraction of sp³-hybridized carbons (Fsp3) is 0.167. The number of benzene rings is 2. The van der Waals surface area contributed by atoms with Gasteiger partial charge in [0.2, 0.25) is 0 Å². The van der Waals surface area contributed by atoms with Gasteiger partial charge in [0.15, 0.2) is 0 Å². The maximum absolute atomic E-state index is 12.8. The maximum Gasteiger partial charge on any atom is 0.270 e. The van der Waals surface area contributed by atoms with Crippen LogP contribution >= 0.6 is 0 Å². The zero-order valence-electron chi connectivity index (χ0n) is 13.4. The summed E-state index contributed by atoms with van der Waals surface area (Å²) in [6, 6.07) is 12.0. The minimum Gasteiger partial charge on any atom is -0.398 e. The lowest BCUT2D eigenvalue weighted by atomic mass is 10.0. The topological polar surface area (TPSA) is 105 Å². The lowest BCUT2D eigenvalue weighted by molar-refractivity contribution is -0.384. The third kappa shape index (κ3) is 2.50. The summed E-state index contributed by atoms with van der Waals surface area (Å²) >= 11 is 0. The number of nitrogens with zero attached hydrogens (tertiary/aromatic N) is 2. The molecule has 0 aliphatic carbocycles. The van der Waals surface area contributed by atoms with Gasteiger partial charge in [-0.25, -0.2) is 0 Å². The molecule has 0 spiro atoms. The van der Waals surface area contributed by atoms with E-state index in [9.17, 15) is 14.9 Å². The number of rotatable bonds is 2. The van der Waals surface area contributed by atoms with Crippen molar-refractivity contribution in [2.24, 2.45) is 0 Å². The van der Waals surface area contributed by atoms with Gasteiger partial charge in [-0.15, -0.1) is 0 Å². The molecule has 7 nitrogen and oxygen atoms in total. The number of hydrogen-bond acceptors (Lipinski definition) is 4. The number of fused-ring (bicyclic) bond motifs is 3. The normalized spacial score (nSPS) is 13.7. The predicted octanol–water partition coefficient (Wildman–Crippen LogP) is 2.86. The van der Waals surface area contributed by atoms with Crippen LogP contribution in [0.5, 0.6) is 0 Å². The molecule has 7 heteroatoms. The molecule has 126 valence electrons. The predicted molar refractivity (Wildman–Crippen MR) is 94.3 cm³/mol. The van der Waals surface area contributed by atoms with Gasteiger partial charge in [-0.2, -0.15) is 0 Å². The van der Waals surface area contributed by atoms with Crippen molar-refractivity contribution in [3.63, 3.8) is 0 Å². The Morgan fingerprint density at radius 2 is 2.04 bits per heavy atom. The molecular weight excluding hydrogens is 320 g/mol. The van der Waals surface area contributed by atoms with Crippen LogP contribution in [0.15, 0.2) is 42.5 Å². The monoisotopic (exact) mass is 336 g/mol. The van der Waals surface area contributed by atoms with Crippen molar-refractivity contribution >= 4 is 28.2 Å². The standard InChI is InChI=1S/C18H16N4O3/c19-15-6-5-11(22(24)25)9-14(15)18(23)21-8-7-13-12-3-1-2-4-16(12)20-17(13)10-21/h1-6,9,20H,7-8,10,19H2. The van der Waals surface area contributed by atoms with E-state index in [-0.39, 0.29) is 22.8 Å². The molecule has 0 radical (unpaired) electrons. The Hall–Kier alpha value is -3.35. The zero-order valence-corrected chi connectivity index (χ0v) is 13.4. The Kier molecular flexibility index (Phi) is 3.42.